The van der Waals surface area contributed by atoms with Crippen molar-refractivity contribution in [3.05, 3.63) is 10.6 Å². The molecule has 0 saturated carbocycles. The van der Waals surface area contributed by atoms with Crippen molar-refractivity contribution in [3.63, 3.8) is 0 Å². The molecule has 0 aromatic carbocycles. The maximum Gasteiger partial charge on any atom is 0.0856 e. The minimum absolute atomic E-state index is 0.0317. The SMILES string of the molecule is CC(C)(C)CCCC(N)c1snnc1C(C)(C)C. The van der Waals surface area contributed by atoms with Crippen LogP contribution < -0.4 is 5.73 Å². The first-order valence-electron chi connectivity index (χ1n) is 6.69. The third-order valence-electron chi connectivity index (χ3n) is 3.00. The van der Waals surface area contributed by atoms with Crippen LogP contribution in [0, 0.1) is 5.41 Å². The van der Waals surface area contributed by atoms with Gasteiger partial charge < -0.3 is 5.73 Å². The third kappa shape index (κ3) is 4.65. The predicted molar refractivity (Wildman–Crippen MR) is 78.8 cm³/mol. The van der Waals surface area contributed by atoms with Crippen molar-refractivity contribution in [2.45, 2.75) is 72.3 Å². The molecule has 0 radical (unpaired) electrons. The molecule has 1 atom stereocenters. The van der Waals surface area contributed by atoms with Gasteiger partial charge in [-0.3, -0.25) is 0 Å². The van der Waals surface area contributed by atoms with Crippen molar-refractivity contribution >= 4 is 11.5 Å². The summed E-state index contributed by atoms with van der Waals surface area (Å²) in [5.74, 6) is 0. The second kappa shape index (κ2) is 5.66. The van der Waals surface area contributed by atoms with E-state index in [0.717, 1.165) is 23.4 Å². The maximum atomic E-state index is 6.30. The topological polar surface area (TPSA) is 51.8 Å². The summed E-state index contributed by atoms with van der Waals surface area (Å²) >= 11 is 1.46. The van der Waals surface area contributed by atoms with Crippen LogP contribution in [0.3, 0.4) is 0 Å². The molecule has 0 fully saturated rings. The average molecular weight is 269 g/mol. The van der Waals surface area contributed by atoms with Crippen molar-refractivity contribution in [2.24, 2.45) is 11.1 Å². The first-order valence-corrected chi connectivity index (χ1v) is 7.47. The van der Waals surface area contributed by atoms with Gasteiger partial charge in [0.1, 0.15) is 0 Å². The van der Waals surface area contributed by atoms with Crippen LogP contribution >= 0.6 is 11.5 Å². The van der Waals surface area contributed by atoms with Crippen molar-refractivity contribution in [2.75, 3.05) is 0 Å². The molecule has 3 nitrogen and oxygen atoms in total. The van der Waals surface area contributed by atoms with Gasteiger partial charge in [-0.1, -0.05) is 52.5 Å². The lowest BCUT2D eigenvalue weighted by Gasteiger charge is -2.21. The summed E-state index contributed by atoms with van der Waals surface area (Å²) in [5, 5.41) is 4.25. The molecule has 0 aliphatic carbocycles. The molecule has 4 heteroatoms. The van der Waals surface area contributed by atoms with Gasteiger partial charge in [-0.05, 0) is 29.8 Å². The number of nitrogens with two attached hydrogens (primary N) is 1. The summed E-state index contributed by atoms with van der Waals surface area (Å²) in [7, 11) is 0. The highest BCUT2D eigenvalue weighted by atomic mass is 32.1. The Morgan fingerprint density at radius 3 is 2.28 bits per heavy atom. The van der Waals surface area contributed by atoms with Crippen molar-refractivity contribution in [1.29, 1.82) is 0 Å². The minimum atomic E-state index is 0.0317. The Morgan fingerprint density at radius 2 is 1.78 bits per heavy atom. The van der Waals surface area contributed by atoms with Crippen LogP contribution in [0.4, 0.5) is 0 Å². The molecule has 0 amide bonds. The number of nitrogens with zero attached hydrogens (tertiary/aromatic N) is 2. The Hall–Kier alpha value is -0.480. The second-order valence-electron chi connectivity index (χ2n) is 7.30. The second-order valence-corrected chi connectivity index (χ2v) is 8.08. The largest absolute Gasteiger partial charge is 0.323 e. The fourth-order valence-electron chi connectivity index (χ4n) is 1.94. The highest BCUT2D eigenvalue weighted by Gasteiger charge is 2.25. The molecule has 1 aromatic rings. The van der Waals surface area contributed by atoms with Crippen LogP contribution in [0.1, 0.15) is 77.4 Å². The molecule has 1 rings (SSSR count). The Balaban J connectivity index is 2.63. The predicted octanol–water partition coefficient (Wildman–Crippen LogP) is 4.05. The summed E-state index contributed by atoms with van der Waals surface area (Å²) < 4.78 is 4.08. The van der Waals surface area contributed by atoms with Crippen molar-refractivity contribution in [1.82, 2.24) is 9.59 Å². The molecule has 18 heavy (non-hydrogen) atoms. The highest BCUT2D eigenvalue weighted by Crippen LogP contribution is 2.32. The van der Waals surface area contributed by atoms with Crippen LogP contribution in [0.2, 0.25) is 0 Å². The van der Waals surface area contributed by atoms with E-state index in [1.807, 2.05) is 0 Å². The van der Waals surface area contributed by atoms with Crippen molar-refractivity contribution in [3.8, 4) is 0 Å². The van der Waals surface area contributed by atoms with Gasteiger partial charge in [0.05, 0.1) is 10.6 Å². The monoisotopic (exact) mass is 269 g/mol. The number of rotatable bonds is 4. The normalized spacial score (nSPS) is 14.8. The molecule has 2 N–H and O–H groups in total. The summed E-state index contributed by atoms with van der Waals surface area (Å²) in [4.78, 5) is 1.16. The van der Waals surface area contributed by atoms with E-state index in [2.05, 4.69) is 51.1 Å². The molecular weight excluding hydrogens is 242 g/mol. The van der Waals surface area contributed by atoms with Gasteiger partial charge in [0.15, 0.2) is 0 Å². The highest BCUT2D eigenvalue weighted by molar-refractivity contribution is 7.05. The van der Waals surface area contributed by atoms with E-state index in [-0.39, 0.29) is 11.5 Å². The van der Waals surface area contributed by atoms with E-state index >= 15 is 0 Å². The van der Waals surface area contributed by atoms with E-state index in [1.54, 1.807) is 0 Å². The van der Waals surface area contributed by atoms with Gasteiger partial charge in [0.2, 0.25) is 0 Å². The van der Waals surface area contributed by atoms with E-state index in [4.69, 9.17) is 5.73 Å². The zero-order chi connectivity index (χ0) is 14.0. The first-order chi connectivity index (χ1) is 8.11. The molecule has 1 unspecified atom stereocenters. The average Bonchev–Trinajstić information content (AvgIpc) is 2.62. The summed E-state index contributed by atoms with van der Waals surface area (Å²) in [5.41, 5.74) is 7.78. The number of aromatic nitrogens is 2. The van der Waals surface area contributed by atoms with Crippen LogP contribution in [0.15, 0.2) is 0 Å². The third-order valence-corrected chi connectivity index (χ3v) is 3.86. The fraction of sp³-hybridized carbons (Fsp3) is 0.857. The van der Waals surface area contributed by atoms with Crippen LogP contribution in [-0.2, 0) is 5.41 Å². The smallest absolute Gasteiger partial charge is 0.0856 e. The van der Waals surface area contributed by atoms with Gasteiger partial charge >= 0.3 is 0 Å². The summed E-state index contributed by atoms with van der Waals surface area (Å²) in [6.45, 7) is 13.3. The Kier molecular flexibility index (Phi) is 4.90. The van der Waals surface area contributed by atoms with E-state index < -0.39 is 0 Å². The lowest BCUT2D eigenvalue weighted by atomic mass is 9.87. The first kappa shape index (κ1) is 15.6. The van der Waals surface area contributed by atoms with Crippen molar-refractivity contribution < 1.29 is 0 Å². The Morgan fingerprint density at radius 1 is 1.17 bits per heavy atom. The van der Waals surface area contributed by atoms with Gasteiger partial charge in [0, 0.05) is 11.5 Å². The molecule has 1 aromatic heterocycles. The standard InChI is InChI=1S/C14H27N3S/c1-13(2,3)9-7-8-10(15)11-12(14(4,5)6)16-17-18-11/h10H,7-9,15H2,1-6H3. The molecule has 104 valence electrons. The maximum absolute atomic E-state index is 6.30. The molecule has 0 saturated heterocycles. The van der Waals surface area contributed by atoms with Crippen LogP contribution in [0.25, 0.3) is 0 Å². The van der Waals surface area contributed by atoms with E-state index in [0.29, 0.717) is 5.41 Å². The molecule has 0 spiro atoms. The quantitative estimate of drug-likeness (QED) is 0.897. The zero-order valence-corrected chi connectivity index (χ0v) is 13.4. The summed E-state index contributed by atoms with van der Waals surface area (Å²) in [6, 6.07) is 0.0848. The van der Waals surface area contributed by atoms with Gasteiger partial charge in [-0.2, -0.15) is 0 Å². The van der Waals surface area contributed by atoms with Crippen LogP contribution in [-0.4, -0.2) is 9.59 Å². The lowest BCUT2D eigenvalue weighted by Crippen LogP contribution is -2.19. The number of hydrogen-bond acceptors (Lipinski definition) is 4. The Labute approximate surface area is 115 Å². The van der Waals surface area contributed by atoms with Gasteiger partial charge in [-0.15, -0.1) is 5.10 Å². The van der Waals surface area contributed by atoms with Gasteiger partial charge in [-0.25, -0.2) is 0 Å². The minimum Gasteiger partial charge on any atom is -0.323 e. The molecular formula is C14H27N3S. The van der Waals surface area contributed by atoms with Crippen LogP contribution in [0.5, 0.6) is 0 Å². The fourth-order valence-corrected chi connectivity index (χ4v) is 2.84. The van der Waals surface area contributed by atoms with Gasteiger partial charge in [0.25, 0.3) is 0 Å². The lowest BCUT2D eigenvalue weighted by molar-refractivity contribution is 0.353. The zero-order valence-electron chi connectivity index (χ0n) is 12.6. The number of hydrogen-bond donors (Lipinski definition) is 1. The molecule has 0 aliphatic rings. The Bertz CT molecular complexity index is 371. The molecule has 0 aliphatic heterocycles. The molecule has 1 heterocycles. The molecule has 0 bridgehead atoms. The van der Waals surface area contributed by atoms with E-state index in [9.17, 15) is 0 Å². The summed E-state index contributed by atoms with van der Waals surface area (Å²) in [6.07, 6.45) is 3.38. The van der Waals surface area contributed by atoms with E-state index in [1.165, 1.54) is 18.0 Å².